The molecular weight excluding hydrogens is 580 g/mol. The zero-order valence-corrected chi connectivity index (χ0v) is 28.2. The molecule has 2 rings (SSSR count). The maximum absolute atomic E-state index is 12.8. The highest BCUT2D eigenvalue weighted by molar-refractivity contribution is 5.76. The Hall–Kier alpha value is -2.32. The Labute approximate surface area is 270 Å². The summed E-state index contributed by atoms with van der Waals surface area (Å²) in [4.78, 5) is 29.5. The summed E-state index contributed by atoms with van der Waals surface area (Å²) >= 11 is 0. The van der Waals surface area contributed by atoms with E-state index in [-0.39, 0.29) is 12.6 Å². The average molecular weight is 639 g/mol. The number of aryl methyl sites for hydroxylation is 1. The number of hydrogen-bond donors (Lipinski definition) is 3. The Kier molecular flexibility index (Phi) is 19.2. The quantitative estimate of drug-likeness (QED) is 0.161. The topological polar surface area (TPSA) is 131 Å². The van der Waals surface area contributed by atoms with Crippen LogP contribution < -0.4 is 15.4 Å². The fraction of sp³-hybridized carbons (Fsp3) is 0.758. The summed E-state index contributed by atoms with van der Waals surface area (Å²) < 4.78 is 27.6. The molecule has 258 valence electrons. The van der Waals surface area contributed by atoms with E-state index < -0.39 is 23.7 Å². The highest BCUT2D eigenvalue weighted by Crippen LogP contribution is 2.17. The Bertz CT molecular complexity index is 944. The predicted molar refractivity (Wildman–Crippen MR) is 174 cm³/mol. The lowest BCUT2D eigenvalue weighted by Crippen LogP contribution is -2.54. The fourth-order valence-electron chi connectivity index (χ4n) is 5.06. The number of aliphatic carboxylic acids is 1. The monoisotopic (exact) mass is 638 g/mol. The highest BCUT2D eigenvalue weighted by atomic mass is 16.5. The molecule has 0 aromatic heterocycles. The van der Waals surface area contributed by atoms with Crippen molar-refractivity contribution in [1.82, 2.24) is 20.4 Å². The zero-order valence-electron chi connectivity index (χ0n) is 28.2. The van der Waals surface area contributed by atoms with Crippen LogP contribution in [0.5, 0.6) is 5.75 Å². The summed E-state index contributed by atoms with van der Waals surface area (Å²) in [5, 5.41) is 17.1. The van der Waals surface area contributed by atoms with Gasteiger partial charge in [-0.05, 0) is 64.7 Å². The van der Waals surface area contributed by atoms with E-state index in [1.807, 2.05) is 56.9 Å². The second kappa shape index (κ2) is 22.2. The second-order valence-corrected chi connectivity index (χ2v) is 12.1. The van der Waals surface area contributed by atoms with E-state index in [9.17, 15) is 14.7 Å². The first-order valence-electron chi connectivity index (χ1n) is 16.4. The predicted octanol–water partition coefficient (Wildman–Crippen LogP) is 2.05. The number of methoxy groups -OCH3 is 1. The maximum atomic E-state index is 12.8. The third-order valence-electron chi connectivity index (χ3n) is 7.56. The molecule has 2 unspecified atom stereocenters. The molecule has 1 aliphatic heterocycles. The lowest BCUT2D eigenvalue weighted by Gasteiger charge is -2.35. The smallest absolute Gasteiger partial charge is 0.325 e. The van der Waals surface area contributed by atoms with Gasteiger partial charge in [0.05, 0.1) is 39.1 Å². The molecule has 1 aromatic rings. The van der Waals surface area contributed by atoms with Gasteiger partial charge in [-0.2, -0.15) is 0 Å². The van der Waals surface area contributed by atoms with Gasteiger partial charge in [-0.15, -0.1) is 0 Å². The molecule has 1 saturated heterocycles. The molecule has 0 bridgehead atoms. The van der Waals surface area contributed by atoms with Crippen LogP contribution in [0.3, 0.4) is 0 Å². The molecular formula is C33H58N4O8. The van der Waals surface area contributed by atoms with E-state index in [4.69, 9.17) is 23.7 Å². The van der Waals surface area contributed by atoms with E-state index >= 15 is 0 Å². The fourth-order valence-corrected chi connectivity index (χ4v) is 5.06. The van der Waals surface area contributed by atoms with E-state index in [1.54, 1.807) is 0 Å². The van der Waals surface area contributed by atoms with Crippen LogP contribution in [0.2, 0.25) is 0 Å². The number of esters is 1. The van der Waals surface area contributed by atoms with E-state index in [0.29, 0.717) is 78.7 Å². The molecule has 0 spiro atoms. The van der Waals surface area contributed by atoms with Crippen LogP contribution in [0.25, 0.3) is 0 Å². The molecule has 12 heteroatoms. The number of hydrogen-bond acceptors (Lipinski definition) is 11. The van der Waals surface area contributed by atoms with Crippen molar-refractivity contribution in [3.63, 3.8) is 0 Å². The number of carboxylic acids is 1. The summed E-state index contributed by atoms with van der Waals surface area (Å²) in [5.74, 6) is -0.403. The Morgan fingerprint density at radius 2 is 1.47 bits per heavy atom. The number of carbonyl (C=O) groups excluding carboxylic acids is 1. The van der Waals surface area contributed by atoms with Gasteiger partial charge in [0.1, 0.15) is 24.4 Å². The summed E-state index contributed by atoms with van der Waals surface area (Å²) in [5.41, 5.74) is 0.725. The maximum Gasteiger partial charge on any atom is 0.325 e. The lowest BCUT2D eigenvalue weighted by atomic mass is 10.0. The van der Waals surface area contributed by atoms with Crippen LogP contribution >= 0.6 is 0 Å². The molecule has 1 aromatic carbocycles. The summed E-state index contributed by atoms with van der Waals surface area (Å²) in [6, 6.07) is 6.72. The van der Waals surface area contributed by atoms with Crippen molar-refractivity contribution in [3.8, 4) is 5.75 Å². The van der Waals surface area contributed by atoms with Crippen LogP contribution in [-0.4, -0.2) is 144 Å². The van der Waals surface area contributed by atoms with Gasteiger partial charge in [0.15, 0.2) is 0 Å². The van der Waals surface area contributed by atoms with Crippen molar-refractivity contribution >= 4 is 11.9 Å². The first-order valence-corrected chi connectivity index (χ1v) is 16.4. The zero-order chi connectivity index (χ0) is 32.9. The van der Waals surface area contributed by atoms with Crippen molar-refractivity contribution < 1.29 is 38.4 Å². The van der Waals surface area contributed by atoms with Crippen LogP contribution in [0, 0.1) is 0 Å². The van der Waals surface area contributed by atoms with Crippen molar-refractivity contribution in [2.75, 3.05) is 99.1 Å². The molecule has 1 aliphatic rings. The molecule has 0 saturated carbocycles. The summed E-state index contributed by atoms with van der Waals surface area (Å²) in [6.07, 6.45) is 2.01. The molecule has 0 radical (unpaired) electrons. The van der Waals surface area contributed by atoms with Crippen molar-refractivity contribution in [2.24, 2.45) is 0 Å². The third kappa shape index (κ3) is 16.7. The largest absolute Gasteiger partial charge is 0.491 e. The first-order chi connectivity index (χ1) is 21.6. The number of nitrogens with one attached hydrogen (secondary N) is 2. The van der Waals surface area contributed by atoms with Crippen LogP contribution in [0.1, 0.15) is 46.1 Å². The van der Waals surface area contributed by atoms with E-state index in [0.717, 1.165) is 37.2 Å². The minimum Gasteiger partial charge on any atom is -0.491 e. The van der Waals surface area contributed by atoms with Gasteiger partial charge >= 0.3 is 11.9 Å². The molecule has 1 heterocycles. The highest BCUT2D eigenvalue weighted by Gasteiger charge is 2.31. The van der Waals surface area contributed by atoms with Gasteiger partial charge in [0.25, 0.3) is 0 Å². The average Bonchev–Trinajstić information content (AvgIpc) is 3.00. The normalized spacial score (nSPS) is 17.5. The van der Waals surface area contributed by atoms with E-state index in [1.165, 1.54) is 7.11 Å². The van der Waals surface area contributed by atoms with Crippen molar-refractivity contribution in [3.05, 3.63) is 29.8 Å². The summed E-state index contributed by atoms with van der Waals surface area (Å²) in [7, 11) is 1.39. The van der Waals surface area contributed by atoms with Gasteiger partial charge in [-0.3, -0.25) is 19.4 Å². The van der Waals surface area contributed by atoms with Crippen LogP contribution in [0.4, 0.5) is 0 Å². The Morgan fingerprint density at radius 1 is 0.867 bits per heavy atom. The Balaban J connectivity index is 1.98. The third-order valence-corrected chi connectivity index (χ3v) is 7.56. The van der Waals surface area contributed by atoms with Gasteiger partial charge in [0, 0.05) is 59.0 Å². The van der Waals surface area contributed by atoms with Gasteiger partial charge in [-0.25, -0.2) is 0 Å². The lowest BCUT2D eigenvalue weighted by molar-refractivity contribution is -0.152. The van der Waals surface area contributed by atoms with Gasteiger partial charge in [-0.1, -0.05) is 12.1 Å². The SMILES string of the molecule is CCOCCOCCOc1ccc(CCCC(C(=O)O)N2CCNCCNCCN(C(COC(C)(C)C)C(=O)OC)CC2)cc1. The van der Waals surface area contributed by atoms with Gasteiger partial charge < -0.3 is 39.4 Å². The summed E-state index contributed by atoms with van der Waals surface area (Å²) in [6.45, 7) is 16.0. The molecule has 1 fully saturated rings. The van der Waals surface area contributed by atoms with Crippen LogP contribution in [-0.2, 0) is 35.0 Å². The van der Waals surface area contributed by atoms with Crippen molar-refractivity contribution in [2.45, 2.75) is 64.6 Å². The molecule has 2 atom stereocenters. The Morgan fingerprint density at radius 3 is 2.04 bits per heavy atom. The van der Waals surface area contributed by atoms with Crippen molar-refractivity contribution in [1.29, 1.82) is 0 Å². The minimum absolute atomic E-state index is 0.201. The second-order valence-electron chi connectivity index (χ2n) is 12.1. The van der Waals surface area contributed by atoms with E-state index in [2.05, 4.69) is 15.5 Å². The number of benzene rings is 1. The number of ether oxygens (including phenoxy) is 5. The number of carbonyl (C=O) groups is 2. The number of rotatable bonds is 18. The minimum atomic E-state index is -0.830. The molecule has 12 nitrogen and oxygen atoms in total. The first kappa shape index (κ1) is 38.9. The number of carboxylic acid groups (broad SMARTS) is 1. The molecule has 3 N–H and O–H groups in total. The molecule has 45 heavy (non-hydrogen) atoms. The standard InChI is InChI=1S/C33H58N4O8/c1-6-42-22-23-43-24-25-44-28-12-10-27(11-13-28)8-7-9-29(31(38)39)36-18-16-34-14-15-35-17-19-37(21-20-36)30(32(40)41-5)26-45-33(2,3)4/h10-13,29-30,34-35H,6-9,14-26H2,1-5H3,(H,38,39). The van der Waals surface area contributed by atoms with Gasteiger partial charge in [0.2, 0.25) is 0 Å². The molecule has 0 aliphatic carbocycles. The molecule has 0 amide bonds. The number of nitrogens with zero attached hydrogens (tertiary/aromatic N) is 2. The van der Waals surface area contributed by atoms with Crippen LogP contribution in [0.15, 0.2) is 24.3 Å².